The standard InChI is InChI=1S/C20H21N7O2/c1-12-10-23-18(11-22-12)29-17-9-14-8-16(17)26(13(14)2)20(28)19-15(4-3-5-21-19)27-24-6-7-25-27/h3-7,10-11,13-14,16-17H,8-9H2,1-2H3. The monoisotopic (exact) mass is 391 g/mol. The van der Waals surface area contributed by atoms with Crippen molar-refractivity contribution >= 4 is 5.91 Å². The van der Waals surface area contributed by atoms with Gasteiger partial charge in [-0.25, -0.2) is 9.97 Å². The number of aryl methyl sites for hydroxylation is 1. The normalized spacial score (nSPS) is 25.4. The van der Waals surface area contributed by atoms with Gasteiger partial charge in [-0.05, 0) is 44.7 Å². The van der Waals surface area contributed by atoms with E-state index in [1.165, 1.54) is 4.80 Å². The van der Waals surface area contributed by atoms with Crippen LogP contribution in [0.2, 0.25) is 0 Å². The molecule has 0 aromatic carbocycles. The van der Waals surface area contributed by atoms with Crippen molar-refractivity contribution in [2.45, 2.75) is 44.9 Å². The average molecular weight is 391 g/mol. The summed E-state index contributed by atoms with van der Waals surface area (Å²) >= 11 is 0. The topological polar surface area (TPSA) is 98.9 Å². The van der Waals surface area contributed by atoms with E-state index in [9.17, 15) is 4.79 Å². The van der Waals surface area contributed by atoms with E-state index in [1.54, 1.807) is 43.1 Å². The fourth-order valence-electron chi connectivity index (χ4n) is 4.47. The Labute approximate surface area is 167 Å². The number of carbonyl (C=O) groups excluding carboxylic acids is 1. The number of likely N-dealkylation sites (tertiary alicyclic amines) is 1. The molecule has 2 fully saturated rings. The second kappa shape index (κ2) is 6.91. The molecule has 1 amide bonds. The van der Waals surface area contributed by atoms with Crippen LogP contribution in [0.1, 0.15) is 35.9 Å². The summed E-state index contributed by atoms with van der Waals surface area (Å²) in [6.45, 7) is 3.98. The molecule has 5 rings (SSSR count). The molecule has 0 spiro atoms. The third kappa shape index (κ3) is 3.02. The number of fused-ring (bicyclic) bond motifs is 2. The maximum atomic E-state index is 13.5. The number of carbonyl (C=O) groups is 1. The van der Waals surface area contributed by atoms with Crippen molar-refractivity contribution in [3.8, 4) is 11.6 Å². The fraction of sp³-hybridized carbons (Fsp3) is 0.400. The zero-order valence-electron chi connectivity index (χ0n) is 16.2. The molecule has 29 heavy (non-hydrogen) atoms. The first kappa shape index (κ1) is 17.7. The van der Waals surface area contributed by atoms with Crippen molar-refractivity contribution in [3.63, 3.8) is 0 Å². The van der Waals surface area contributed by atoms with Crippen molar-refractivity contribution in [3.05, 3.63) is 54.5 Å². The van der Waals surface area contributed by atoms with Gasteiger partial charge in [-0.2, -0.15) is 10.2 Å². The number of aromatic nitrogens is 6. The van der Waals surface area contributed by atoms with E-state index >= 15 is 0 Å². The summed E-state index contributed by atoms with van der Waals surface area (Å²) in [6.07, 6.45) is 9.81. The van der Waals surface area contributed by atoms with Gasteiger partial charge in [0.05, 0.1) is 36.5 Å². The van der Waals surface area contributed by atoms with E-state index in [-0.39, 0.29) is 24.1 Å². The summed E-state index contributed by atoms with van der Waals surface area (Å²) < 4.78 is 6.11. The van der Waals surface area contributed by atoms with Crippen LogP contribution in [0.5, 0.6) is 5.88 Å². The number of pyridine rings is 1. The summed E-state index contributed by atoms with van der Waals surface area (Å²) in [5.41, 5.74) is 1.75. The molecule has 1 aliphatic heterocycles. The van der Waals surface area contributed by atoms with Crippen molar-refractivity contribution in [2.75, 3.05) is 0 Å². The highest BCUT2D eigenvalue weighted by atomic mass is 16.5. The van der Waals surface area contributed by atoms with Crippen LogP contribution in [-0.2, 0) is 0 Å². The third-order valence-electron chi connectivity index (χ3n) is 5.87. The van der Waals surface area contributed by atoms with E-state index in [2.05, 4.69) is 32.1 Å². The van der Waals surface area contributed by atoms with E-state index in [1.807, 2.05) is 11.8 Å². The molecular weight excluding hydrogens is 370 g/mol. The summed E-state index contributed by atoms with van der Waals surface area (Å²) in [4.78, 5) is 29.8. The van der Waals surface area contributed by atoms with Gasteiger partial charge in [0, 0.05) is 12.2 Å². The highest BCUT2D eigenvalue weighted by Crippen LogP contribution is 2.44. The van der Waals surface area contributed by atoms with Gasteiger partial charge in [0.15, 0.2) is 5.69 Å². The molecule has 4 atom stereocenters. The Kier molecular flexibility index (Phi) is 4.22. The number of piperidine rings is 1. The molecule has 4 unspecified atom stereocenters. The van der Waals surface area contributed by atoms with Crippen LogP contribution in [0.25, 0.3) is 5.69 Å². The summed E-state index contributed by atoms with van der Waals surface area (Å²) in [6, 6.07) is 3.68. The van der Waals surface area contributed by atoms with Gasteiger partial charge in [-0.15, -0.1) is 4.80 Å². The lowest BCUT2D eigenvalue weighted by molar-refractivity contribution is 0.0308. The zero-order chi connectivity index (χ0) is 20.0. The van der Waals surface area contributed by atoms with Crippen molar-refractivity contribution in [1.29, 1.82) is 0 Å². The molecule has 1 saturated heterocycles. The fourth-order valence-corrected chi connectivity index (χ4v) is 4.47. The lowest BCUT2D eigenvalue weighted by Gasteiger charge is -2.37. The van der Waals surface area contributed by atoms with Crippen LogP contribution in [0.3, 0.4) is 0 Å². The third-order valence-corrected chi connectivity index (χ3v) is 5.87. The van der Waals surface area contributed by atoms with Crippen LogP contribution in [-0.4, -0.2) is 58.9 Å². The van der Waals surface area contributed by atoms with E-state index in [4.69, 9.17) is 4.74 Å². The molecule has 3 aromatic rings. The summed E-state index contributed by atoms with van der Waals surface area (Å²) in [5, 5.41) is 8.31. The smallest absolute Gasteiger partial charge is 0.275 e. The molecule has 9 nitrogen and oxygen atoms in total. The maximum Gasteiger partial charge on any atom is 0.275 e. The summed E-state index contributed by atoms with van der Waals surface area (Å²) in [7, 11) is 0. The van der Waals surface area contributed by atoms with Gasteiger partial charge < -0.3 is 9.64 Å². The lowest BCUT2D eigenvalue weighted by atomic mass is 9.98. The van der Waals surface area contributed by atoms with Crippen molar-refractivity contribution < 1.29 is 9.53 Å². The van der Waals surface area contributed by atoms with Crippen molar-refractivity contribution in [2.24, 2.45) is 5.92 Å². The predicted octanol–water partition coefficient (Wildman–Crippen LogP) is 1.83. The summed E-state index contributed by atoms with van der Waals surface area (Å²) in [5.74, 6) is 0.760. The van der Waals surface area contributed by atoms with E-state index in [0.717, 1.165) is 18.5 Å². The Bertz CT molecular complexity index is 1020. The second-order valence-electron chi connectivity index (χ2n) is 7.59. The van der Waals surface area contributed by atoms with Crippen LogP contribution < -0.4 is 4.74 Å². The van der Waals surface area contributed by atoms with Crippen LogP contribution in [0.15, 0.2) is 43.1 Å². The largest absolute Gasteiger partial charge is 0.471 e. The quantitative estimate of drug-likeness (QED) is 0.669. The molecule has 9 heteroatoms. The van der Waals surface area contributed by atoms with Gasteiger partial charge in [0.25, 0.3) is 5.91 Å². The van der Waals surface area contributed by atoms with Crippen LogP contribution in [0.4, 0.5) is 0 Å². The molecule has 1 saturated carbocycles. The van der Waals surface area contributed by atoms with Gasteiger partial charge >= 0.3 is 0 Å². The van der Waals surface area contributed by atoms with Gasteiger partial charge in [-0.1, -0.05) is 0 Å². The predicted molar refractivity (Wildman–Crippen MR) is 102 cm³/mol. The molecule has 3 aromatic heterocycles. The van der Waals surface area contributed by atoms with Gasteiger partial charge in [0.1, 0.15) is 11.8 Å². The molecule has 0 N–H and O–H groups in total. The lowest BCUT2D eigenvalue weighted by Crippen LogP contribution is -2.51. The molecule has 2 aliphatic rings. The first-order valence-electron chi connectivity index (χ1n) is 9.71. The Morgan fingerprint density at radius 3 is 2.66 bits per heavy atom. The Morgan fingerprint density at radius 2 is 1.93 bits per heavy atom. The Morgan fingerprint density at radius 1 is 1.10 bits per heavy atom. The second-order valence-corrected chi connectivity index (χ2v) is 7.59. The SMILES string of the molecule is Cc1cnc(OC2CC3CC2N(C(=O)c2ncccc2-n2nccn2)C3C)cn1. The molecule has 0 radical (unpaired) electrons. The molecule has 4 heterocycles. The average Bonchev–Trinajstić information content (AvgIpc) is 3.46. The van der Waals surface area contributed by atoms with Crippen molar-refractivity contribution in [1.82, 2.24) is 34.8 Å². The highest BCUT2D eigenvalue weighted by molar-refractivity contribution is 5.96. The number of nitrogens with zero attached hydrogens (tertiary/aromatic N) is 7. The van der Waals surface area contributed by atoms with E-state index in [0.29, 0.717) is 23.2 Å². The van der Waals surface area contributed by atoms with Gasteiger partial charge in [-0.3, -0.25) is 9.78 Å². The molecule has 148 valence electrons. The number of hydrogen-bond acceptors (Lipinski definition) is 7. The molecule has 1 aliphatic carbocycles. The Hall–Kier alpha value is -3.36. The first-order valence-corrected chi connectivity index (χ1v) is 9.71. The molecule has 2 bridgehead atoms. The zero-order valence-corrected chi connectivity index (χ0v) is 16.2. The number of hydrogen-bond donors (Lipinski definition) is 0. The maximum absolute atomic E-state index is 13.5. The number of ether oxygens (including phenoxy) is 1. The van der Waals surface area contributed by atoms with Crippen LogP contribution in [0, 0.1) is 12.8 Å². The minimum absolute atomic E-state index is 0.0222. The number of amides is 1. The minimum atomic E-state index is -0.124. The van der Waals surface area contributed by atoms with Crippen LogP contribution >= 0.6 is 0 Å². The van der Waals surface area contributed by atoms with Gasteiger partial charge in [0.2, 0.25) is 5.88 Å². The minimum Gasteiger partial charge on any atom is -0.471 e. The first-order chi connectivity index (χ1) is 14.1. The Balaban J connectivity index is 1.42. The number of rotatable bonds is 4. The molecular formula is C20H21N7O2. The highest BCUT2D eigenvalue weighted by Gasteiger charge is 2.53. The van der Waals surface area contributed by atoms with E-state index < -0.39 is 0 Å².